The number of methoxy groups -OCH3 is 1. The lowest BCUT2D eigenvalue weighted by Gasteiger charge is -2.09. The number of hydrogen-bond acceptors (Lipinski definition) is 5. The number of esters is 1. The minimum Gasteiger partial charge on any atom is -0.465 e. The van der Waals surface area contributed by atoms with Crippen molar-refractivity contribution in [3.63, 3.8) is 0 Å². The zero-order valence-corrected chi connectivity index (χ0v) is 11.6. The Labute approximate surface area is 119 Å². The minimum absolute atomic E-state index is 0.107. The van der Waals surface area contributed by atoms with Crippen molar-refractivity contribution in [2.75, 3.05) is 7.11 Å². The van der Waals surface area contributed by atoms with Gasteiger partial charge in [-0.1, -0.05) is 6.07 Å². The van der Waals surface area contributed by atoms with Crippen LogP contribution in [0.3, 0.4) is 0 Å². The Morgan fingerprint density at radius 2 is 2.30 bits per heavy atom. The molecule has 20 heavy (non-hydrogen) atoms. The van der Waals surface area contributed by atoms with Crippen LogP contribution in [0.4, 0.5) is 3.89 Å². The van der Waals surface area contributed by atoms with Crippen LogP contribution in [0.25, 0.3) is 11.3 Å². The van der Waals surface area contributed by atoms with E-state index in [1.54, 1.807) is 25.1 Å². The van der Waals surface area contributed by atoms with E-state index in [2.05, 4.69) is 9.84 Å². The number of aromatic nitrogens is 2. The van der Waals surface area contributed by atoms with Crippen LogP contribution in [0.1, 0.15) is 21.5 Å². The lowest BCUT2D eigenvalue weighted by Crippen LogP contribution is -2.03. The third-order valence-corrected chi connectivity index (χ3v) is 3.25. The monoisotopic (exact) mass is 291 g/mol. The summed E-state index contributed by atoms with van der Waals surface area (Å²) in [6.45, 7) is 1.80. The van der Waals surface area contributed by atoms with Crippen LogP contribution in [0.2, 0.25) is 0 Å². The largest absolute Gasteiger partial charge is 0.465 e. The molecule has 2 rings (SSSR count). The second-order valence-electron chi connectivity index (χ2n) is 3.98. The number of nitriles is 1. The van der Waals surface area contributed by atoms with Crippen molar-refractivity contribution in [1.82, 2.24) is 9.19 Å². The van der Waals surface area contributed by atoms with Gasteiger partial charge in [0.05, 0.1) is 24.4 Å². The molecule has 0 radical (unpaired) electrons. The van der Waals surface area contributed by atoms with E-state index in [1.807, 2.05) is 6.07 Å². The van der Waals surface area contributed by atoms with E-state index in [9.17, 15) is 8.68 Å². The molecule has 0 unspecified atom stereocenters. The molecule has 0 aliphatic heterocycles. The molecule has 7 heteroatoms. The quantitative estimate of drug-likeness (QED) is 0.813. The van der Waals surface area contributed by atoms with Gasteiger partial charge < -0.3 is 4.74 Å². The number of benzene rings is 1. The summed E-state index contributed by atoms with van der Waals surface area (Å²) in [5.74, 6) is -0.497. The normalized spacial score (nSPS) is 10.1. The first-order chi connectivity index (χ1) is 9.62. The molecule has 1 aromatic carbocycles. The summed E-state index contributed by atoms with van der Waals surface area (Å²) in [5.41, 5.74) is 2.24. The summed E-state index contributed by atoms with van der Waals surface area (Å²) in [6, 6.07) is 6.84. The van der Waals surface area contributed by atoms with E-state index in [4.69, 9.17) is 5.26 Å². The van der Waals surface area contributed by atoms with Crippen molar-refractivity contribution < 1.29 is 13.4 Å². The Balaban J connectivity index is 2.66. The molecule has 2 aromatic rings. The van der Waals surface area contributed by atoms with Crippen molar-refractivity contribution in [2.45, 2.75) is 6.92 Å². The molecule has 0 aliphatic carbocycles. The van der Waals surface area contributed by atoms with Crippen molar-refractivity contribution in [1.29, 1.82) is 5.26 Å². The Kier molecular flexibility index (Phi) is 4.05. The van der Waals surface area contributed by atoms with Gasteiger partial charge in [-0.05, 0) is 24.6 Å². The highest BCUT2D eigenvalue weighted by atomic mass is 32.2. The Morgan fingerprint density at radius 3 is 2.90 bits per heavy atom. The summed E-state index contributed by atoms with van der Waals surface area (Å²) in [6.07, 6.45) is 1.28. The molecule has 1 aromatic heterocycles. The zero-order chi connectivity index (χ0) is 14.7. The van der Waals surface area contributed by atoms with Crippen molar-refractivity contribution in [2.24, 2.45) is 0 Å². The van der Waals surface area contributed by atoms with Crippen LogP contribution in [-0.4, -0.2) is 22.3 Å². The van der Waals surface area contributed by atoms with Gasteiger partial charge in [0.1, 0.15) is 11.8 Å². The van der Waals surface area contributed by atoms with Gasteiger partial charge in [0, 0.05) is 5.56 Å². The SMILES string of the molecule is COC(=O)c1ccc(C)c(-c2c(C#N)cnn2SF)c1. The molecule has 5 nitrogen and oxygen atoms in total. The van der Waals surface area contributed by atoms with Crippen LogP contribution in [0.15, 0.2) is 24.4 Å². The smallest absolute Gasteiger partial charge is 0.337 e. The van der Waals surface area contributed by atoms with Crippen LogP contribution in [-0.2, 0) is 4.74 Å². The van der Waals surface area contributed by atoms with Gasteiger partial charge in [-0.15, -0.1) is 3.89 Å². The molecule has 0 N–H and O–H groups in total. The molecule has 0 fully saturated rings. The fourth-order valence-electron chi connectivity index (χ4n) is 1.84. The van der Waals surface area contributed by atoms with Crippen molar-refractivity contribution >= 4 is 18.3 Å². The molecule has 0 saturated carbocycles. The molecule has 0 atom stereocenters. The Hall–Kier alpha value is -2.33. The van der Waals surface area contributed by atoms with E-state index in [1.165, 1.54) is 13.3 Å². The number of carbonyl (C=O) groups excluding carboxylic acids is 1. The number of aryl methyl sites for hydroxylation is 1. The van der Waals surface area contributed by atoms with Gasteiger partial charge in [-0.2, -0.15) is 14.4 Å². The first-order valence-corrected chi connectivity index (χ1v) is 6.26. The first-order valence-electron chi connectivity index (χ1n) is 5.59. The second kappa shape index (κ2) is 5.75. The number of ether oxygens (including phenoxy) is 1. The van der Waals surface area contributed by atoms with E-state index >= 15 is 0 Å². The number of rotatable bonds is 3. The highest BCUT2D eigenvalue weighted by Crippen LogP contribution is 2.30. The van der Waals surface area contributed by atoms with Crippen molar-refractivity contribution in [3.8, 4) is 17.3 Å². The van der Waals surface area contributed by atoms with Crippen LogP contribution < -0.4 is 0 Å². The summed E-state index contributed by atoms with van der Waals surface area (Å²) in [5, 5.41) is 12.9. The molecule has 0 saturated heterocycles. The molecule has 0 bridgehead atoms. The predicted molar refractivity (Wildman–Crippen MR) is 72.6 cm³/mol. The van der Waals surface area contributed by atoms with Gasteiger partial charge in [-0.3, -0.25) is 0 Å². The van der Waals surface area contributed by atoms with Gasteiger partial charge in [0.15, 0.2) is 12.3 Å². The van der Waals surface area contributed by atoms with Crippen LogP contribution in [0, 0.1) is 18.3 Å². The summed E-state index contributed by atoms with van der Waals surface area (Å²) in [4.78, 5) is 11.6. The Morgan fingerprint density at radius 1 is 1.55 bits per heavy atom. The highest BCUT2D eigenvalue weighted by Gasteiger charge is 2.18. The third kappa shape index (κ3) is 2.38. The predicted octanol–water partition coefficient (Wildman–Crippen LogP) is 2.90. The molecule has 0 spiro atoms. The number of nitrogens with zero attached hydrogens (tertiary/aromatic N) is 3. The molecule has 102 valence electrons. The standard InChI is InChI=1S/C13H10FN3O2S/c1-8-3-4-9(13(18)19-2)5-11(8)12-10(6-15)7-16-17(12)20-14/h3-5,7H,1-2H3. The van der Waals surface area contributed by atoms with E-state index in [-0.39, 0.29) is 17.9 Å². The second-order valence-corrected chi connectivity index (χ2v) is 4.47. The summed E-state index contributed by atoms with van der Waals surface area (Å²) >= 11 is -0.107. The van der Waals surface area contributed by atoms with Gasteiger partial charge in [-0.25, -0.2) is 4.79 Å². The molecule has 1 heterocycles. The number of halogens is 1. The average Bonchev–Trinajstić information content (AvgIpc) is 2.89. The number of carbonyl (C=O) groups is 1. The Bertz CT molecular complexity index is 706. The fourth-order valence-corrected chi connectivity index (χ4v) is 2.18. The average molecular weight is 291 g/mol. The highest BCUT2D eigenvalue weighted by molar-refractivity contribution is 7.92. The van der Waals surface area contributed by atoms with Crippen molar-refractivity contribution in [3.05, 3.63) is 41.1 Å². The van der Waals surface area contributed by atoms with E-state index < -0.39 is 5.97 Å². The number of hydrogen-bond donors (Lipinski definition) is 0. The summed E-state index contributed by atoms with van der Waals surface area (Å²) < 4.78 is 18.6. The van der Waals surface area contributed by atoms with Crippen LogP contribution >= 0.6 is 12.3 Å². The lowest BCUT2D eigenvalue weighted by molar-refractivity contribution is 0.0601. The molecule has 0 aliphatic rings. The maximum atomic E-state index is 12.9. The van der Waals surface area contributed by atoms with Gasteiger partial charge in [0.2, 0.25) is 0 Å². The molecular formula is C13H10FN3O2S. The molecule has 0 amide bonds. The van der Waals surface area contributed by atoms with Gasteiger partial charge >= 0.3 is 5.97 Å². The summed E-state index contributed by atoms with van der Waals surface area (Å²) in [7, 11) is 1.28. The molecular weight excluding hydrogens is 281 g/mol. The zero-order valence-electron chi connectivity index (χ0n) is 10.8. The first kappa shape index (κ1) is 14.1. The van der Waals surface area contributed by atoms with Gasteiger partial charge in [0.25, 0.3) is 0 Å². The maximum Gasteiger partial charge on any atom is 0.337 e. The maximum absolute atomic E-state index is 12.9. The minimum atomic E-state index is -0.497. The van der Waals surface area contributed by atoms with E-state index in [0.29, 0.717) is 16.8 Å². The van der Waals surface area contributed by atoms with Crippen LogP contribution in [0.5, 0.6) is 0 Å². The topological polar surface area (TPSA) is 67.9 Å². The fraction of sp³-hybridized carbons (Fsp3) is 0.154. The lowest BCUT2D eigenvalue weighted by atomic mass is 10.0. The van der Waals surface area contributed by atoms with E-state index in [0.717, 1.165) is 9.65 Å². The third-order valence-electron chi connectivity index (χ3n) is 2.84.